The summed E-state index contributed by atoms with van der Waals surface area (Å²) in [7, 11) is 1.50. The number of benzene rings is 2. The average molecular weight is 409 g/mol. The van der Waals surface area contributed by atoms with Crippen molar-refractivity contribution >= 4 is 17.6 Å². The number of carboxylic acids is 1. The van der Waals surface area contributed by atoms with Crippen LogP contribution in [0.2, 0.25) is 0 Å². The van der Waals surface area contributed by atoms with E-state index in [1.807, 2.05) is 0 Å². The number of alkyl halides is 3. The lowest BCUT2D eigenvalue weighted by molar-refractivity contribution is -0.151. The highest BCUT2D eigenvalue weighted by atomic mass is 19.4. The Kier molecular flexibility index (Phi) is 5.67. The number of carbonyl (C=O) groups excluding carboxylic acids is 1. The molecular formula is C20H18F3NO5. The molecule has 0 aromatic heterocycles. The predicted molar refractivity (Wildman–Crippen MR) is 97.0 cm³/mol. The van der Waals surface area contributed by atoms with Gasteiger partial charge in [-0.2, -0.15) is 13.2 Å². The molecule has 2 N–H and O–H groups in total. The van der Waals surface area contributed by atoms with E-state index in [4.69, 9.17) is 14.6 Å². The van der Waals surface area contributed by atoms with Crippen LogP contribution in [-0.4, -0.2) is 24.1 Å². The first-order chi connectivity index (χ1) is 13.7. The van der Waals surface area contributed by atoms with Gasteiger partial charge in [0, 0.05) is 6.07 Å². The summed E-state index contributed by atoms with van der Waals surface area (Å²) in [6.07, 6.45) is -4.07. The summed E-state index contributed by atoms with van der Waals surface area (Å²) in [5, 5.41) is 11.3. The third-order valence-corrected chi connectivity index (χ3v) is 4.78. The van der Waals surface area contributed by atoms with E-state index in [0.29, 0.717) is 24.3 Å². The summed E-state index contributed by atoms with van der Waals surface area (Å²) in [6.45, 7) is 0. The Balaban J connectivity index is 1.83. The van der Waals surface area contributed by atoms with Gasteiger partial charge in [0.2, 0.25) is 5.91 Å². The molecule has 1 saturated carbocycles. The molecule has 3 rings (SSSR count). The highest BCUT2D eigenvalue weighted by Crippen LogP contribution is 2.40. The third-order valence-electron chi connectivity index (χ3n) is 4.78. The molecule has 1 fully saturated rings. The second-order valence-corrected chi connectivity index (χ2v) is 6.60. The maximum absolute atomic E-state index is 13.3. The number of carboxylic acid groups (broad SMARTS) is 1. The van der Waals surface area contributed by atoms with Crippen molar-refractivity contribution in [3.05, 3.63) is 48.0 Å². The minimum atomic E-state index is -4.70. The Morgan fingerprint density at radius 3 is 2.10 bits per heavy atom. The molecule has 0 aliphatic heterocycles. The first-order valence-electron chi connectivity index (χ1n) is 8.76. The third kappa shape index (κ3) is 4.61. The molecule has 6 nitrogen and oxygen atoms in total. The largest absolute Gasteiger partial charge is 0.497 e. The van der Waals surface area contributed by atoms with Crippen LogP contribution in [0.1, 0.15) is 18.4 Å². The molecule has 9 heteroatoms. The van der Waals surface area contributed by atoms with E-state index in [0.717, 1.165) is 18.2 Å². The zero-order valence-corrected chi connectivity index (χ0v) is 15.3. The summed E-state index contributed by atoms with van der Waals surface area (Å²) in [5.74, 6) is -2.59. The number of amides is 1. The fraction of sp³-hybridized carbons (Fsp3) is 0.300. The van der Waals surface area contributed by atoms with Crippen LogP contribution >= 0.6 is 0 Å². The standard InChI is InChI=1S/C20H18F3NO5/c1-28-11-2-4-12(5-3-11)29-13-6-9-16(20(21,22)23)17(10-13)24-18(25)14-7-8-15(14)19(26)27/h2-6,9-10,14-15H,7-8H2,1H3,(H,24,25)(H,26,27)/t14-,15-/m0/s1. The first-order valence-corrected chi connectivity index (χ1v) is 8.76. The van der Waals surface area contributed by atoms with Crippen molar-refractivity contribution in [1.82, 2.24) is 0 Å². The molecule has 2 aromatic carbocycles. The van der Waals surface area contributed by atoms with Gasteiger partial charge in [-0.3, -0.25) is 9.59 Å². The number of ether oxygens (including phenoxy) is 2. The van der Waals surface area contributed by atoms with Crippen LogP contribution in [0.4, 0.5) is 18.9 Å². The van der Waals surface area contributed by atoms with Crippen LogP contribution in [0.3, 0.4) is 0 Å². The van der Waals surface area contributed by atoms with Gasteiger partial charge >= 0.3 is 12.1 Å². The van der Waals surface area contributed by atoms with Gasteiger partial charge in [-0.25, -0.2) is 0 Å². The number of carbonyl (C=O) groups is 2. The van der Waals surface area contributed by atoms with E-state index in [2.05, 4.69) is 5.32 Å². The summed E-state index contributed by atoms with van der Waals surface area (Å²) < 4.78 is 50.6. The Labute approximate surface area is 164 Å². The van der Waals surface area contributed by atoms with E-state index in [1.165, 1.54) is 7.11 Å². The molecular weight excluding hydrogens is 391 g/mol. The highest BCUT2D eigenvalue weighted by molar-refractivity contribution is 5.96. The molecule has 29 heavy (non-hydrogen) atoms. The lowest BCUT2D eigenvalue weighted by atomic mass is 9.73. The van der Waals surface area contributed by atoms with Crippen molar-refractivity contribution < 1.29 is 37.3 Å². The number of hydrogen-bond donors (Lipinski definition) is 2. The average Bonchev–Trinajstić information content (AvgIpc) is 2.60. The molecule has 1 aliphatic carbocycles. The lowest BCUT2D eigenvalue weighted by Crippen LogP contribution is -2.41. The zero-order chi connectivity index (χ0) is 21.2. The molecule has 154 valence electrons. The number of hydrogen-bond acceptors (Lipinski definition) is 4. The molecule has 0 unspecified atom stereocenters. The number of halogens is 3. The van der Waals surface area contributed by atoms with Crippen LogP contribution < -0.4 is 14.8 Å². The van der Waals surface area contributed by atoms with Crippen molar-refractivity contribution in [2.75, 3.05) is 12.4 Å². The molecule has 0 radical (unpaired) electrons. The minimum absolute atomic E-state index is 0.0851. The summed E-state index contributed by atoms with van der Waals surface area (Å²) in [6, 6.07) is 9.45. The van der Waals surface area contributed by atoms with Gasteiger partial charge in [0.05, 0.1) is 30.2 Å². The molecule has 0 saturated heterocycles. The van der Waals surface area contributed by atoms with Crippen LogP contribution in [0.15, 0.2) is 42.5 Å². The summed E-state index contributed by atoms with van der Waals surface area (Å²) >= 11 is 0. The Hall–Kier alpha value is -3.23. The fourth-order valence-corrected chi connectivity index (χ4v) is 3.05. The zero-order valence-electron chi connectivity index (χ0n) is 15.3. The maximum Gasteiger partial charge on any atom is 0.418 e. The monoisotopic (exact) mass is 409 g/mol. The van der Waals surface area contributed by atoms with E-state index < -0.39 is 41.1 Å². The van der Waals surface area contributed by atoms with Crippen molar-refractivity contribution in [2.45, 2.75) is 19.0 Å². The highest BCUT2D eigenvalue weighted by Gasteiger charge is 2.42. The van der Waals surface area contributed by atoms with Crippen molar-refractivity contribution in [2.24, 2.45) is 11.8 Å². The SMILES string of the molecule is COc1ccc(Oc2ccc(C(F)(F)F)c(NC(=O)[C@H]3CC[C@@H]3C(=O)O)c2)cc1. The molecule has 1 aliphatic rings. The number of anilines is 1. The van der Waals surface area contributed by atoms with Gasteiger partial charge < -0.3 is 19.9 Å². The quantitative estimate of drug-likeness (QED) is 0.731. The van der Waals surface area contributed by atoms with E-state index in [-0.39, 0.29) is 5.75 Å². The van der Waals surface area contributed by atoms with Crippen molar-refractivity contribution in [3.63, 3.8) is 0 Å². The second-order valence-electron chi connectivity index (χ2n) is 6.60. The van der Waals surface area contributed by atoms with Gasteiger partial charge in [0.1, 0.15) is 17.2 Å². The Morgan fingerprint density at radius 2 is 1.59 bits per heavy atom. The van der Waals surface area contributed by atoms with Gasteiger partial charge in [-0.1, -0.05) is 0 Å². The van der Waals surface area contributed by atoms with Crippen molar-refractivity contribution in [1.29, 1.82) is 0 Å². The minimum Gasteiger partial charge on any atom is -0.497 e. The van der Waals surface area contributed by atoms with Crippen LogP contribution in [0.25, 0.3) is 0 Å². The maximum atomic E-state index is 13.3. The van der Waals surface area contributed by atoms with E-state index >= 15 is 0 Å². The molecule has 2 aromatic rings. The normalized spacial score (nSPS) is 18.5. The molecule has 0 bridgehead atoms. The van der Waals surface area contributed by atoms with Gasteiger partial charge in [-0.05, 0) is 49.2 Å². The second kappa shape index (κ2) is 8.02. The first kappa shape index (κ1) is 20.5. The van der Waals surface area contributed by atoms with E-state index in [9.17, 15) is 22.8 Å². The van der Waals surface area contributed by atoms with Crippen LogP contribution in [0.5, 0.6) is 17.2 Å². The van der Waals surface area contributed by atoms with Gasteiger partial charge in [0.25, 0.3) is 0 Å². The Bertz CT molecular complexity index is 911. The number of aliphatic carboxylic acids is 1. The topological polar surface area (TPSA) is 84.9 Å². The number of methoxy groups -OCH3 is 1. The molecule has 0 heterocycles. The molecule has 1 amide bonds. The molecule has 2 atom stereocenters. The van der Waals surface area contributed by atoms with E-state index in [1.54, 1.807) is 24.3 Å². The fourth-order valence-electron chi connectivity index (χ4n) is 3.05. The molecule has 0 spiro atoms. The summed E-state index contributed by atoms with van der Waals surface area (Å²) in [5.41, 5.74) is -1.52. The predicted octanol–water partition coefficient (Wildman–Crippen LogP) is 4.56. The Morgan fingerprint density at radius 1 is 1.00 bits per heavy atom. The van der Waals surface area contributed by atoms with Crippen LogP contribution in [-0.2, 0) is 15.8 Å². The van der Waals surface area contributed by atoms with Crippen LogP contribution in [0, 0.1) is 11.8 Å². The van der Waals surface area contributed by atoms with Gasteiger partial charge in [-0.15, -0.1) is 0 Å². The van der Waals surface area contributed by atoms with Crippen molar-refractivity contribution in [3.8, 4) is 17.2 Å². The van der Waals surface area contributed by atoms with Gasteiger partial charge in [0.15, 0.2) is 0 Å². The lowest BCUT2D eigenvalue weighted by Gasteiger charge is -2.32. The smallest absolute Gasteiger partial charge is 0.418 e. The number of rotatable bonds is 6. The number of nitrogens with one attached hydrogen (secondary N) is 1. The summed E-state index contributed by atoms with van der Waals surface area (Å²) in [4.78, 5) is 23.4.